The number of Topliss-reactive ketones (excluding diaryl/α,β-unsaturated/α-hetero) is 1. The van der Waals surface area contributed by atoms with Crippen molar-refractivity contribution in [1.82, 2.24) is 4.90 Å². The number of piperazine rings is 1. The van der Waals surface area contributed by atoms with Crippen LogP contribution in [0.15, 0.2) is 60.4 Å². The molecule has 6 nitrogen and oxygen atoms in total. The van der Waals surface area contributed by atoms with Crippen molar-refractivity contribution in [3.05, 3.63) is 87.1 Å². The molecule has 2 heterocycles. The summed E-state index contributed by atoms with van der Waals surface area (Å²) in [7, 11) is 1.66. The lowest BCUT2D eigenvalue weighted by Gasteiger charge is -2.36. The van der Waals surface area contributed by atoms with E-state index in [-0.39, 0.29) is 17.3 Å². The number of ether oxygens (including phenoxy) is 2. The van der Waals surface area contributed by atoms with Gasteiger partial charge in [0.1, 0.15) is 17.2 Å². The molecule has 3 aromatic carbocycles. The highest BCUT2D eigenvalue weighted by Gasteiger charge is 2.32. The van der Waals surface area contributed by atoms with Crippen LogP contribution in [0.2, 0.25) is 10.0 Å². The molecule has 0 atom stereocenters. The minimum Gasteiger partial charge on any atom is -0.507 e. The van der Waals surface area contributed by atoms with Gasteiger partial charge >= 0.3 is 0 Å². The summed E-state index contributed by atoms with van der Waals surface area (Å²) in [6.45, 7) is 3.80. The summed E-state index contributed by atoms with van der Waals surface area (Å²) in [4.78, 5) is 17.6. The van der Waals surface area contributed by atoms with Crippen molar-refractivity contribution in [3.63, 3.8) is 0 Å². The third-order valence-electron chi connectivity index (χ3n) is 6.36. The summed E-state index contributed by atoms with van der Waals surface area (Å²) in [6.07, 6.45) is 1.61. The zero-order chi connectivity index (χ0) is 24.5. The quantitative estimate of drug-likeness (QED) is 0.447. The number of anilines is 1. The summed E-state index contributed by atoms with van der Waals surface area (Å²) in [5, 5.41) is 11.6. The largest absolute Gasteiger partial charge is 0.507 e. The standard InChI is InChI=1S/C27H24Cl2N2O4/c1-34-20-6-4-19(5-7-20)31-12-10-30(11-13-31)16-22-24(32)9-8-21-26(33)25(35-27(21)22)14-17-2-3-18(28)15-23(17)29/h2-9,14-15,32H,10-13,16H2,1H3/b25-14-. The topological polar surface area (TPSA) is 62.2 Å². The van der Waals surface area contributed by atoms with Crippen molar-refractivity contribution in [2.75, 3.05) is 38.2 Å². The van der Waals surface area contributed by atoms with E-state index in [1.54, 1.807) is 43.5 Å². The number of benzene rings is 3. The Kier molecular flexibility index (Phi) is 6.60. The van der Waals surface area contributed by atoms with Gasteiger partial charge in [0.25, 0.3) is 0 Å². The molecule has 3 aromatic rings. The van der Waals surface area contributed by atoms with Crippen molar-refractivity contribution in [1.29, 1.82) is 0 Å². The number of nitrogens with zero attached hydrogens (tertiary/aromatic N) is 2. The fourth-order valence-corrected chi connectivity index (χ4v) is 4.85. The van der Waals surface area contributed by atoms with E-state index in [0.29, 0.717) is 39.0 Å². The van der Waals surface area contributed by atoms with Gasteiger partial charge in [0.2, 0.25) is 5.78 Å². The predicted octanol–water partition coefficient (Wildman–Crippen LogP) is 5.65. The van der Waals surface area contributed by atoms with Crippen molar-refractivity contribution >= 4 is 40.7 Å². The van der Waals surface area contributed by atoms with E-state index in [4.69, 9.17) is 32.7 Å². The number of aromatic hydroxyl groups is 1. The Morgan fingerprint density at radius 1 is 1.03 bits per heavy atom. The molecule has 2 aliphatic heterocycles. The lowest BCUT2D eigenvalue weighted by atomic mass is 10.0. The average molecular weight is 511 g/mol. The molecule has 0 unspecified atom stereocenters. The fraction of sp³-hybridized carbons (Fsp3) is 0.222. The Morgan fingerprint density at radius 3 is 2.46 bits per heavy atom. The van der Waals surface area contributed by atoms with E-state index in [9.17, 15) is 9.90 Å². The Balaban J connectivity index is 1.31. The summed E-state index contributed by atoms with van der Waals surface area (Å²) in [5.41, 5.74) is 2.83. The van der Waals surface area contributed by atoms with Gasteiger partial charge in [-0.15, -0.1) is 0 Å². The van der Waals surface area contributed by atoms with Crippen LogP contribution in [0.25, 0.3) is 6.08 Å². The van der Waals surface area contributed by atoms with Gasteiger partial charge < -0.3 is 19.5 Å². The molecule has 0 amide bonds. The zero-order valence-corrected chi connectivity index (χ0v) is 20.6. The fourth-order valence-electron chi connectivity index (χ4n) is 4.39. The van der Waals surface area contributed by atoms with Crippen LogP contribution < -0.4 is 14.4 Å². The highest BCUT2D eigenvalue weighted by Crippen LogP contribution is 2.40. The minimum absolute atomic E-state index is 0.111. The van der Waals surface area contributed by atoms with Gasteiger partial charge in [-0.3, -0.25) is 9.69 Å². The molecule has 1 N–H and O–H groups in total. The number of carbonyl (C=O) groups is 1. The number of hydrogen-bond donors (Lipinski definition) is 1. The van der Waals surface area contributed by atoms with Gasteiger partial charge in [-0.25, -0.2) is 0 Å². The number of methoxy groups -OCH3 is 1. The van der Waals surface area contributed by atoms with Crippen LogP contribution in [-0.2, 0) is 6.54 Å². The maximum atomic E-state index is 13.0. The van der Waals surface area contributed by atoms with Crippen LogP contribution >= 0.6 is 23.2 Å². The second-order valence-corrected chi connectivity index (χ2v) is 9.35. The monoisotopic (exact) mass is 510 g/mol. The Bertz CT molecular complexity index is 1300. The Hall–Kier alpha value is -3.19. The van der Waals surface area contributed by atoms with Crippen molar-refractivity contribution < 1.29 is 19.4 Å². The number of allylic oxidation sites excluding steroid dienone is 1. The maximum absolute atomic E-state index is 13.0. The molecule has 5 rings (SSSR count). The number of carbonyl (C=O) groups excluding carboxylic acids is 1. The molecule has 1 saturated heterocycles. The highest BCUT2D eigenvalue weighted by molar-refractivity contribution is 6.35. The number of hydrogen-bond acceptors (Lipinski definition) is 6. The van der Waals surface area contributed by atoms with Crippen LogP contribution in [0.3, 0.4) is 0 Å². The number of halogens is 2. The second kappa shape index (κ2) is 9.82. The van der Waals surface area contributed by atoms with Gasteiger partial charge in [-0.2, -0.15) is 0 Å². The maximum Gasteiger partial charge on any atom is 0.231 e. The lowest BCUT2D eigenvalue weighted by molar-refractivity contribution is 0.101. The molecule has 0 saturated carbocycles. The minimum atomic E-state index is -0.239. The van der Waals surface area contributed by atoms with Crippen LogP contribution in [-0.4, -0.2) is 49.1 Å². The Morgan fingerprint density at radius 2 is 1.77 bits per heavy atom. The normalized spacial score (nSPS) is 16.9. The van der Waals surface area contributed by atoms with E-state index in [1.165, 1.54) is 0 Å². The Labute approximate surface area is 213 Å². The number of phenols is 1. The molecule has 35 heavy (non-hydrogen) atoms. The third-order valence-corrected chi connectivity index (χ3v) is 6.92. The first-order valence-corrected chi connectivity index (χ1v) is 12.0. The van der Waals surface area contributed by atoms with Gasteiger partial charge in [-0.05, 0) is 60.2 Å². The van der Waals surface area contributed by atoms with Crippen LogP contribution in [0, 0.1) is 0 Å². The molecule has 0 aliphatic carbocycles. The van der Waals surface area contributed by atoms with Gasteiger partial charge in [0, 0.05) is 48.5 Å². The zero-order valence-electron chi connectivity index (χ0n) is 19.1. The van der Waals surface area contributed by atoms with E-state index in [0.717, 1.165) is 37.6 Å². The van der Waals surface area contributed by atoms with Crippen molar-refractivity contribution in [3.8, 4) is 17.2 Å². The molecule has 0 aromatic heterocycles. The van der Waals surface area contributed by atoms with Crippen LogP contribution in [0.1, 0.15) is 21.5 Å². The average Bonchev–Trinajstić information content (AvgIpc) is 3.18. The SMILES string of the molecule is COc1ccc(N2CCN(Cc3c(O)ccc4c3O/C(=C\c3ccc(Cl)cc3Cl)C4=O)CC2)cc1. The smallest absolute Gasteiger partial charge is 0.231 e. The van der Waals surface area contributed by atoms with E-state index in [2.05, 4.69) is 21.9 Å². The first-order valence-electron chi connectivity index (χ1n) is 11.3. The van der Waals surface area contributed by atoms with Gasteiger partial charge in [0.05, 0.1) is 18.2 Å². The number of phenolic OH excluding ortho intramolecular Hbond substituents is 1. The summed E-state index contributed by atoms with van der Waals surface area (Å²) in [5.74, 6) is 1.28. The molecule has 180 valence electrons. The second-order valence-electron chi connectivity index (χ2n) is 8.51. The molecule has 8 heteroatoms. The highest BCUT2D eigenvalue weighted by atomic mass is 35.5. The lowest BCUT2D eigenvalue weighted by Crippen LogP contribution is -2.46. The summed E-state index contributed by atoms with van der Waals surface area (Å²) < 4.78 is 11.2. The van der Waals surface area contributed by atoms with Crippen LogP contribution in [0.5, 0.6) is 17.2 Å². The van der Waals surface area contributed by atoms with Gasteiger partial charge in [-0.1, -0.05) is 29.3 Å². The molecule has 0 spiro atoms. The van der Waals surface area contributed by atoms with E-state index in [1.807, 2.05) is 12.1 Å². The number of fused-ring (bicyclic) bond motifs is 1. The number of ketones is 1. The van der Waals surface area contributed by atoms with Crippen molar-refractivity contribution in [2.24, 2.45) is 0 Å². The van der Waals surface area contributed by atoms with Crippen molar-refractivity contribution in [2.45, 2.75) is 6.54 Å². The third kappa shape index (κ3) is 4.82. The molecular formula is C27H24Cl2N2O4. The molecule has 0 bridgehead atoms. The molecular weight excluding hydrogens is 487 g/mol. The molecule has 0 radical (unpaired) electrons. The van der Waals surface area contributed by atoms with Crippen LogP contribution in [0.4, 0.5) is 5.69 Å². The molecule has 2 aliphatic rings. The summed E-state index contributed by atoms with van der Waals surface area (Å²) >= 11 is 12.2. The van der Waals surface area contributed by atoms with Gasteiger partial charge in [0.15, 0.2) is 5.76 Å². The summed E-state index contributed by atoms with van der Waals surface area (Å²) in [6, 6.07) is 16.3. The van der Waals surface area contributed by atoms with E-state index < -0.39 is 0 Å². The first kappa shape index (κ1) is 23.5. The predicted molar refractivity (Wildman–Crippen MR) is 138 cm³/mol. The first-order chi connectivity index (χ1) is 16.9. The molecule has 1 fully saturated rings. The van der Waals surface area contributed by atoms with E-state index >= 15 is 0 Å². The number of rotatable bonds is 5.